The monoisotopic (exact) mass is 232 g/mol. The first-order valence-electron chi connectivity index (χ1n) is 4.27. The molecule has 0 unspecified atom stereocenters. The van der Waals surface area contributed by atoms with Crippen molar-refractivity contribution in [3.63, 3.8) is 0 Å². The zero-order valence-corrected chi connectivity index (χ0v) is 9.55. The molecule has 78 valence electrons. The smallest absolute Gasteiger partial charge is 0.191 e. The molecule has 0 radical (unpaired) electrons. The second-order valence-corrected chi connectivity index (χ2v) is 3.88. The van der Waals surface area contributed by atoms with Gasteiger partial charge in [0.25, 0.3) is 0 Å². The summed E-state index contributed by atoms with van der Waals surface area (Å²) < 4.78 is 2.01. The molecule has 0 saturated carbocycles. The van der Waals surface area contributed by atoms with Gasteiger partial charge in [0.05, 0.1) is 0 Å². The van der Waals surface area contributed by atoms with Crippen molar-refractivity contribution in [3.05, 3.63) is 17.4 Å². The van der Waals surface area contributed by atoms with E-state index >= 15 is 0 Å². The molecule has 0 bridgehead atoms. The lowest BCUT2D eigenvalue weighted by Crippen LogP contribution is -2.12. The van der Waals surface area contributed by atoms with Gasteiger partial charge in [0.2, 0.25) is 0 Å². The van der Waals surface area contributed by atoms with Gasteiger partial charge in [-0.1, -0.05) is 29.4 Å². The van der Waals surface area contributed by atoms with E-state index in [0.717, 1.165) is 23.3 Å². The number of nitrogens with zero attached hydrogens (tertiary/aromatic N) is 3. The molecule has 0 fully saturated rings. The Labute approximate surface area is 92.5 Å². The second kappa shape index (κ2) is 6.06. The standard InChI is InChI=1S/C8H13ClN4S/c1-7-11-12-8(13(7)5-4-10)14-6-2-3-9/h2-3H,4-6,10H2,1H3. The fraction of sp³-hybridized carbons (Fsp3) is 0.500. The van der Waals surface area contributed by atoms with Gasteiger partial charge in [-0.15, -0.1) is 10.2 Å². The van der Waals surface area contributed by atoms with E-state index in [1.807, 2.05) is 17.6 Å². The van der Waals surface area contributed by atoms with Gasteiger partial charge >= 0.3 is 0 Å². The number of thioether (sulfide) groups is 1. The van der Waals surface area contributed by atoms with Crippen LogP contribution in [0.5, 0.6) is 0 Å². The molecule has 0 atom stereocenters. The summed E-state index contributed by atoms with van der Waals surface area (Å²) in [6, 6.07) is 0. The van der Waals surface area contributed by atoms with Crippen molar-refractivity contribution in [2.75, 3.05) is 12.3 Å². The molecule has 2 N–H and O–H groups in total. The highest BCUT2D eigenvalue weighted by atomic mass is 35.5. The molecule has 1 aromatic rings. The van der Waals surface area contributed by atoms with Gasteiger partial charge in [-0.3, -0.25) is 0 Å². The summed E-state index contributed by atoms with van der Waals surface area (Å²) in [6.07, 6.45) is 1.86. The first-order valence-corrected chi connectivity index (χ1v) is 5.69. The highest BCUT2D eigenvalue weighted by Crippen LogP contribution is 2.16. The lowest BCUT2D eigenvalue weighted by molar-refractivity contribution is 0.628. The molecule has 6 heteroatoms. The average Bonchev–Trinajstić information content (AvgIpc) is 2.51. The number of nitrogens with two attached hydrogens (primary N) is 1. The molecule has 1 rings (SSSR count). The lowest BCUT2D eigenvalue weighted by Gasteiger charge is -2.04. The normalized spacial score (nSPS) is 11.4. The van der Waals surface area contributed by atoms with Crippen molar-refractivity contribution in [3.8, 4) is 0 Å². The van der Waals surface area contributed by atoms with E-state index in [1.165, 1.54) is 5.54 Å². The summed E-state index contributed by atoms with van der Waals surface area (Å²) in [7, 11) is 0. The maximum atomic E-state index is 5.49. The van der Waals surface area contributed by atoms with Crippen LogP contribution in [0.3, 0.4) is 0 Å². The van der Waals surface area contributed by atoms with Crippen LogP contribution in [0.4, 0.5) is 0 Å². The van der Waals surface area contributed by atoms with Crippen LogP contribution in [-0.2, 0) is 6.54 Å². The highest BCUT2D eigenvalue weighted by Gasteiger charge is 2.06. The van der Waals surface area contributed by atoms with Gasteiger partial charge in [-0.2, -0.15) is 0 Å². The Hall–Kier alpha value is -0.520. The van der Waals surface area contributed by atoms with E-state index in [1.54, 1.807) is 11.8 Å². The fourth-order valence-electron chi connectivity index (χ4n) is 1.01. The van der Waals surface area contributed by atoms with Crippen LogP contribution in [0.25, 0.3) is 0 Å². The Balaban J connectivity index is 2.65. The number of hydrogen-bond donors (Lipinski definition) is 1. The molecule has 0 spiro atoms. The second-order valence-electron chi connectivity index (χ2n) is 2.64. The fourth-order valence-corrected chi connectivity index (χ4v) is 2.03. The molecule has 0 aliphatic heterocycles. The van der Waals surface area contributed by atoms with E-state index in [-0.39, 0.29) is 0 Å². The third kappa shape index (κ3) is 3.01. The molecule has 0 saturated heterocycles. The summed E-state index contributed by atoms with van der Waals surface area (Å²) >= 11 is 7.01. The van der Waals surface area contributed by atoms with Crippen LogP contribution in [0.1, 0.15) is 5.82 Å². The predicted octanol–water partition coefficient (Wildman–Crippen LogP) is 1.39. The Bertz CT molecular complexity index is 310. The maximum Gasteiger partial charge on any atom is 0.191 e. The van der Waals surface area contributed by atoms with Crippen LogP contribution in [0, 0.1) is 6.92 Å². The van der Waals surface area contributed by atoms with Crippen LogP contribution in [0.15, 0.2) is 16.8 Å². The van der Waals surface area contributed by atoms with Crippen molar-refractivity contribution in [1.29, 1.82) is 0 Å². The predicted molar refractivity (Wildman–Crippen MR) is 59.5 cm³/mol. The van der Waals surface area contributed by atoms with Gasteiger partial charge in [-0.25, -0.2) is 0 Å². The number of aryl methyl sites for hydroxylation is 1. The van der Waals surface area contributed by atoms with Crippen LogP contribution >= 0.6 is 23.4 Å². The molecule has 1 heterocycles. The van der Waals surface area contributed by atoms with Crippen molar-refractivity contribution < 1.29 is 0 Å². The van der Waals surface area contributed by atoms with Gasteiger partial charge < -0.3 is 10.3 Å². The zero-order valence-electron chi connectivity index (χ0n) is 7.98. The highest BCUT2D eigenvalue weighted by molar-refractivity contribution is 7.99. The largest absolute Gasteiger partial charge is 0.329 e. The molecule has 0 aliphatic carbocycles. The summed E-state index contributed by atoms with van der Waals surface area (Å²) in [5.41, 5.74) is 7.00. The minimum Gasteiger partial charge on any atom is -0.329 e. The first-order chi connectivity index (χ1) is 6.79. The number of hydrogen-bond acceptors (Lipinski definition) is 4. The molecule has 14 heavy (non-hydrogen) atoms. The van der Waals surface area contributed by atoms with E-state index < -0.39 is 0 Å². The maximum absolute atomic E-state index is 5.49. The summed E-state index contributed by atoms with van der Waals surface area (Å²) in [6.45, 7) is 3.27. The molecule has 0 amide bonds. The number of rotatable bonds is 5. The minimum absolute atomic E-state index is 0.595. The third-order valence-corrected chi connectivity index (χ3v) is 2.75. The molecule has 0 aliphatic rings. The molecule has 1 aromatic heterocycles. The molecule has 4 nitrogen and oxygen atoms in total. The van der Waals surface area contributed by atoms with Crippen molar-refractivity contribution in [2.45, 2.75) is 18.6 Å². The van der Waals surface area contributed by atoms with Gasteiger partial charge in [0.1, 0.15) is 5.82 Å². The topological polar surface area (TPSA) is 56.7 Å². The van der Waals surface area contributed by atoms with E-state index in [4.69, 9.17) is 17.3 Å². The summed E-state index contributed by atoms with van der Waals surface area (Å²) in [4.78, 5) is 0. The Morgan fingerprint density at radius 1 is 1.57 bits per heavy atom. The average molecular weight is 233 g/mol. The Morgan fingerprint density at radius 2 is 2.36 bits per heavy atom. The SMILES string of the molecule is Cc1nnc(SCC=CCl)n1CCN. The van der Waals surface area contributed by atoms with E-state index in [0.29, 0.717) is 6.54 Å². The Kier molecular flexibility index (Phi) is 5.00. The molecule has 0 aromatic carbocycles. The zero-order chi connectivity index (χ0) is 10.4. The quantitative estimate of drug-likeness (QED) is 0.780. The van der Waals surface area contributed by atoms with Crippen molar-refractivity contribution in [2.24, 2.45) is 5.73 Å². The van der Waals surface area contributed by atoms with Crippen LogP contribution < -0.4 is 5.73 Å². The lowest BCUT2D eigenvalue weighted by atomic mass is 10.6. The van der Waals surface area contributed by atoms with Gasteiger partial charge in [-0.05, 0) is 6.92 Å². The first kappa shape index (κ1) is 11.6. The van der Waals surface area contributed by atoms with Gasteiger partial charge in [0.15, 0.2) is 5.16 Å². The number of aromatic nitrogens is 3. The molecular formula is C8H13ClN4S. The van der Waals surface area contributed by atoms with Gasteiger partial charge in [0, 0.05) is 24.4 Å². The van der Waals surface area contributed by atoms with E-state index in [2.05, 4.69) is 10.2 Å². The van der Waals surface area contributed by atoms with Crippen LogP contribution in [-0.4, -0.2) is 27.1 Å². The number of halogens is 1. The van der Waals surface area contributed by atoms with Crippen LogP contribution in [0.2, 0.25) is 0 Å². The molecular weight excluding hydrogens is 220 g/mol. The van der Waals surface area contributed by atoms with Crippen molar-refractivity contribution >= 4 is 23.4 Å². The summed E-state index contributed by atoms with van der Waals surface area (Å²) in [5, 5.41) is 8.93. The summed E-state index contributed by atoms with van der Waals surface area (Å²) in [5.74, 6) is 1.69. The van der Waals surface area contributed by atoms with E-state index in [9.17, 15) is 0 Å². The Morgan fingerprint density at radius 3 is 3.00 bits per heavy atom. The van der Waals surface area contributed by atoms with Crippen molar-refractivity contribution in [1.82, 2.24) is 14.8 Å². The minimum atomic E-state index is 0.595. The third-order valence-electron chi connectivity index (χ3n) is 1.65.